The highest BCUT2D eigenvalue weighted by atomic mass is 16.5. The summed E-state index contributed by atoms with van der Waals surface area (Å²) in [4.78, 5) is 26.5. The van der Waals surface area contributed by atoms with Crippen LogP contribution in [-0.4, -0.2) is 42.5 Å². The highest BCUT2D eigenvalue weighted by Gasteiger charge is 2.35. The largest absolute Gasteiger partial charge is 0.493 e. The van der Waals surface area contributed by atoms with Crippen molar-refractivity contribution in [3.63, 3.8) is 0 Å². The number of para-hydroxylation sites is 1. The molecule has 0 aromatic heterocycles. The minimum absolute atomic E-state index is 0.106. The normalized spacial score (nSPS) is 20.0. The number of hydrogen-bond donors (Lipinski definition) is 1. The van der Waals surface area contributed by atoms with Gasteiger partial charge in [-0.25, -0.2) is 0 Å². The van der Waals surface area contributed by atoms with E-state index in [1.54, 1.807) is 0 Å². The standard InChI is InChI=1S/C21H30N2O3/c1-16(24)22-20(18-7-5-6-8-18)21(25)23-13-11-17(12-14-23)15-26-19-9-3-2-4-10-19/h2-4,9-10,17-18,20H,5-8,11-15H2,1H3,(H,22,24). The lowest BCUT2D eigenvalue weighted by molar-refractivity contribution is -0.139. The zero-order chi connectivity index (χ0) is 18.4. The molecule has 0 spiro atoms. The average Bonchev–Trinajstić information content (AvgIpc) is 3.19. The molecule has 1 saturated heterocycles. The van der Waals surface area contributed by atoms with E-state index in [1.165, 1.54) is 6.92 Å². The van der Waals surface area contributed by atoms with Gasteiger partial charge in [0.15, 0.2) is 0 Å². The molecule has 1 unspecified atom stereocenters. The lowest BCUT2D eigenvalue weighted by Crippen LogP contribution is -2.53. The first-order chi connectivity index (χ1) is 12.6. The van der Waals surface area contributed by atoms with E-state index in [-0.39, 0.29) is 17.9 Å². The van der Waals surface area contributed by atoms with Gasteiger partial charge in [-0.1, -0.05) is 31.0 Å². The molecular weight excluding hydrogens is 328 g/mol. The third kappa shape index (κ3) is 4.99. The number of amides is 2. The Kier molecular flexibility index (Phi) is 6.53. The number of likely N-dealkylation sites (tertiary alicyclic amines) is 1. The van der Waals surface area contributed by atoms with Crippen LogP contribution >= 0.6 is 0 Å². The maximum atomic E-state index is 13.0. The minimum Gasteiger partial charge on any atom is -0.493 e. The SMILES string of the molecule is CC(=O)NC(C(=O)N1CCC(COc2ccccc2)CC1)C1CCCC1. The lowest BCUT2D eigenvalue weighted by Gasteiger charge is -2.35. The summed E-state index contributed by atoms with van der Waals surface area (Å²) in [5.41, 5.74) is 0. The number of nitrogens with one attached hydrogen (secondary N) is 1. The molecule has 2 amide bonds. The zero-order valence-corrected chi connectivity index (χ0v) is 15.7. The van der Waals surface area contributed by atoms with E-state index in [0.717, 1.165) is 57.4 Å². The number of carbonyl (C=O) groups is 2. The van der Waals surface area contributed by atoms with Crippen LogP contribution in [-0.2, 0) is 9.59 Å². The summed E-state index contributed by atoms with van der Waals surface area (Å²) < 4.78 is 5.86. The van der Waals surface area contributed by atoms with Crippen molar-refractivity contribution in [3.8, 4) is 5.75 Å². The Bertz CT molecular complexity index is 591. The Morgan fingerprint density at radius 3 is 2.38 bits per heavy atom. The van der Waals surface area contributed by atoms with Crippen LogP contribution < -0.4 is 10.1 Å². The zero-order valence-electron chi connectivity index (χ0n) is 15.7. The Hall–Kier alpha value is -2.04. The molecule has 0 radical (unpaired) electrons. The van der Waals surface area contributed by atoms with E-state index in [1.807, 2.05) is 35.2 Å². The fourth-order valence-electron chi connectivity index (χ4n) is 4.14. The van der Waals surface area contributed by atoms with Gasteiger partial charge >= 0.3 is 0 Å². The van der Waals surface area contributed by atoms with Crippen molar-refractivity contribution in [1.82, 2.24) is 10.2 Å². The molecule has 5 heteroatoms. The third-order valence-electron chi connectivity index (χ3n) is 5.65. The highest BCUT2D eigenvalue weighted by molar-refractivity contribution is 5.87. The van der Waals surface area contributed by atoms with Crippen molar-refractivity contribution in [2.75, 3.05) is 19.7 Å². The number of nitrogens with zero attached hydrogens (tertiary/aromatic N) is 1. The van der Waals surface area contributed by atoms with E-state index in [4.69, 9.17) is 4.74 Å². The van der Waals surface area contributed by atoms with Crippen molar-refractivity contribution < 1.29 is 14.3 Å². The van der Waals surface area contributed by atoms with Crippen molar-refractivity contribution >= 4 is 11.8 Å². The topological polar surface area (TPSA) is 58.6 Å². The van der Waals surface area contributed by atoms with Gasteiger partial charge in [-0.3, -0.25) is 9.59 Å². The minimum atomic E-state index is -0.341. The van der Waals surface area contributed by atoms with Crippen LogP contribution in [0.2, 0.25) is 0 Å². The first-order valence-corrected chi connectivity index (χ1v) is 9.87. The first-order valence-electron chi connectivity index (χ1n) is 9.87. The molecule has 2 aliphatic rings. The molecule has 1 heterocycles. The number of ether oxygens (including phenoxy) is 1. The molecule has 142 valence electrons. The summed E-state index contributed by atoms with van der Waals surface area (Å²) in [5, 5.41) is 2.92. The number of carbonyl (C=O) groups excluding carboxylic acids is 2. The summed E-state index contributed by atoms with van der Waals surface area (Å²) in [6.07, 6.45) is 6.31. The molecule has 1 N–H and O–H groups in total. The van der Waals surface area contributed by atoms with E-state index in [2.05, 4.69) is 5.32 Å². The van der Waals surface area contributed by atoms with E-state index < -0.39 is 0 Å². The lowest BCUT2D eigenvalue weighted by atomic mass is 9.93. The quantitative estimate of drug-likeness (QED) is 0.850. The van der Waals surface area contributed by atoms with Crippen molar-refractivity contribution in [3.05, 3.63) is 30.3 Å². The molecule has 1 aliphatic heterocycles. The van der Waals surface area contributed by atoms with Gasteiger partial charge in [0.2, 0.25) is 11.8 Å². The number of benzene rings is 1. The smallest absolute Gasteiger partial charge is 0.245 e. The Morgan fingerprint density at radius 1 is 1.12 bits per heavy atom. The van der Waals surface area contributed by atoms with Crippen LogP contribution in [0.15, 0.2) is 30.3 Å². The van der Waals surface area contributed by atoms with Crippen LogP contribution in [0.3, 0.4) is 0 Å². The van der Waals surface area contributed by atoms with E-state index in [0.29, 0.717) is 18.4 Å². The molecule has 1 aromatic rings. The highest BCUT2D eigenvalue weighted by Crippen LogP contribution is 2.29. The van der Waals surface area contributed by atoms with Crippen molar-refractivity contribution in [1.29, 1.82) is 0 Å². The average molecular weight is 358 g/mol. The fourth-order valence-corrected chi connectivity index (χ4v) is 4.14. The van der Waals surface area contributed by atoms with Crippen LogP contribution in [0.4, 0.5) is 0 Å². The summed E-state index contributed by atoms with van der Waals surface area (Å²) in [6.45, 7) is 3.71. The second kappa shape index (κ2) is 9.06. The molecule has 0 bridgehead atoms. The van der Waals surface area contributed by atoms with E-state index >= 15 is 0 Å². The summed E-state index contributed by atoms with van der Waals surface area (Å²) in [5.74, 6) is 1.67. The van der Waals surface area contributed by atoms with Crippen molar-refractivity contribution in [2.45, 2.75) is 51.5 Å². The predicted octanol–water partition coefficient (Wildman–Crippen LogP) is 3.00. The molecule has 3 rings (SSSR count). The second-order valence-corrected chi connectivity index (χ2v) is 7.62. The molecule has 1 atom stereocenters. The second-order valence-electron chi connectivity index (χ2n) is 7.62. The maximum absolute atomic E-state index is 13.0. The van der Waals surface area contributed by atoms with Gasteiger partial charge in [0, 0.05) is 20.0 Å². The monoisotopic (exact) mass is 358 g/mol. The van der Waals surface area contributed by atoms with Gasteiger partial charge in [0.1, 0.15) is 11.8 Å². The summed E-state index contributed by atoms with van der Waals surface area (Å²) in [6, 6.07) is 9.53. The molecule has 5 nitrogen and oxygen atoms in total. The number of rotatable bonds is 6. The van der Waals surface area contributed by atoms with Crippen LogP contribution in [0.5, 0.6) is 5.75 Å². The van der Waals surface area contributed by atoms with Crippen LogP contribution in [0, 0.1) is 11.8 Å². The van der Waals surface area contributed by atoms with Crippen LogP contribution in [0.25, 0.3) is 0 Å². The molecule has 1 aromatic carbocycles. The number of piperidine rings is 1. The summed E-state index contributed by atoms with van der Waals surface area (Å²) >= 11 is 0. The third-order valence-corrected chi connectivity index (χ3v) is 5.65. The maximum Gasteiger partial charge on any atom is 0.245 e. The molecule has 1 aliphatic carbocycles. The van der Waals surface area contributed by atoms with Crippen LogP contribution in [0.1, 0.15) is 45.4 Å². The predicted molar refractivity (Wildman–Crippen MR) is 101 cm³/mol. The number of hydrogen-bond acceptors (Lipinski definition) is 3. The Morgan fingerprint density at radius 2 is 1.77 bits per heavy atom. The molecule has 26 heavy (non-hydrogen) atoms. The summed E-state index contributed by atoms with van der Waals surface area (Å²) in [7, 11) is 0. The molecular formula is C21H30N2O3. The van der Waals surface area contributed by atoms with Gasteiger partial charge in [-0.05, 0) is 49.7 Å². The fraction of sp³-hybridized carbons (Fsp3) is 0.619. The van der Waals surface area contributed by atoms with Gasteiger partial charge < -0.3 is 15.0 Å². The van der Waals surface area contributed by atoms with Gasteiger partial charge in [0.05, 0.1) is 6.61 Å². The van der Waals surface area contributed by atoms with E-state index in [9.17, 15) is 9.59 Å². The van der Waals surface area contributed by atoms with Crippen molar-refractivity contribution in [2.24, 2.45) is 11.8 Å². The van der Waals surface area contributed by atoms with Gasteiger partial charge in [-0.2, -0.15) is 0 Å². The van der Waals surface area contributed by atoms with Gasteiger partial charge in [-0.15, -0.1) is 0 Å². The Labute approximate surface area is 156 Å². The van der Waals surface area contributed by atoms with Gasteiger partial charge in [0.25, 0.3) is 0 Å². The first kappa shape index (κ1) is 18.7. The molecule has 2 fully saturated rings. The molecule has 1 saturated carbocycles. The Balaban J connectivity index is 1.49.